The normalized spacial score (nSPS) is 21.6. The summed E-state index contributed by atoms with van der Waals surface area (Å²) in [7, 11) is 0. The zero-order valence-electron chi connectivity index (χ0n) is 14.7. The van der Waals surface area contributed by atoms with Gasteiger partial charge in [-0.1, -0.05) is 39.1 Å². The second-order valence-corrected chi connectivity index (χ2v) is 7.51. The van der Waals surface area contributed by atoms with Crippen molar-refractivity contribution in [2.45, 2.75) is 24.9 Å². The maximum atomic E-state index is 12.4. The number of aromatic amines is 1. The number of hydrogen-bond donors (Lipinski definition) is 2. The van der Waals surface area contributed by atoms with Gasteiger partial charge in [-0.3, -0.25) is 14.3 Å². The van der Waals surface area contributed by atoms with Crippen LogP contribution < -0.4 is 11.2 Å². The van der Waals surface area contributed by atoms with Gasteiger partial charge >= 0.3 is 11.7 Å². The molecule has 0 spiro atoms. The lowest BCUT2D eigenvalue weighted by Crippen LogP contribution is -2.33. The summed E-state index contributed by atoms with van der Waals surface area (Å²) in [5.74, 6) is -0.673. The number of esters is 1. The number of carbonyl (C=O) groups excluding carboxylic acids is 1. The zero-order chi connectivity index (χ0) is 21.1. The minimum Gasteiger partial charge on any atom is -0.456 e. The number of benzene rings is 1. The number of aliphatic hydroxyl groups is 1. The molecular weight excluding hydrogens is 491 g/mol. The van der Waals surface area contributed by atoms with Crippen LogP contribution in [0, 0.1) is 0 Å². The fourth-order valence-corrected chi connectivity index (χ4v) is 3.47. The number of carbonyl (C=O) groups is 1. The van der Waals surface area contributed by atoms with E-state index in [0.717, 1.165) is 0 Å². The SMILES string of the molecule is O=C(O[C@H]1C[C@H](n2cc(/C=C/Br)c(=O)[nH]c2=O)O[C@@H]1CO)c1ccc(Cl)c(Cl)c1. The van der Waals surface area contributed by atoms with Gasteiger partial charge in [0.1, 0.15) is 18.4 Å². The van der Waals surface area contributed by atoms with Crippen molar-refractivity contribution in [3.05, 3.63) is 71.4 Å². The molecule has 11 heteroatoms. The van der Waals surface area contributed by atoms with Crippen molar-refractivity contribution in [1.29, 1.82) is 0 Å². The fraction of sp³-hybridized carbons (Fsp3) is 0.278. The number of halogens is 3. The van der Waals surface area contributed by atoms with Gasteiger partial charge in [0.25, 0.3) is 5.56 Å². The molecule has 29 heavy (non-hydrogen) atoms. The number of aromatic nitrogens is 2. The standard InChI is InChI=1S/C18H15BrCl2N2O6/c19-4-3-10-7-23(18(27)22-16(10)25)15-6-13(14(8-24)28-15)29-17(26)9-1-2-11(20)12(21)5-9/h1-5,7,13-15,24H,6,8H2,(H,22,25,27)/b4-3+/t13-,14+,15+/m0/s1. The Morgan fingerprint density at radius 1 is 1.38 bits per heavy atom. The fourth-order valence-electron chi connectivity index (χ4n) is 2.89. The molecule has 0 radical (unpaired) electrons. The summed E-state index contributed by atoms with van der Waals surface area (Å²) >= 11 is 14.8. The van der Waals surface area contributed by atoms with Crippen LogP contribution in [0.3, 0.4) is 0 Å². The highest BCUT2D eigenvalue weighted by molar-refractivity contribution is 9.11. The maximum absolute atomic E-state index is 12.4. The molecule has 3 rings (SSSR count). The highest BCUT2D eigenvalue weighted by Gasteiger charge is 2.39. The Kier molecular flexibility index (Phi) is 6.97. The summed E-state index contributed by atoms with van der Waals surface area (Å²) in [6, 6.07) is 4.30. The van der Waals surface area contributed by atoms with Crippen LogP contribution in [0.5, 0.6) is 0 Å². The van der Waals surface area contributed by atoms with Gasteiger partial charge in [0.15, 0.2) is 0 Å². The third kappa shape index (κ3) is 4.81. The molecule has 0 amide bonds. The van der Waals surface area contributed by atoms with E-state index in [9.17, 15) is 19.5 Å². The van der Waals surface area contributed by atoms with Gasteiger partial charge in [-0.2, -0.15) is 0 Å². The monoisotopic (exact) mass is 504 g/mol. The molecule has 0 bridgehead atoms. The molecule has 154 valence electrons. The first-order valence-electron chi connectivity index (χ1n) is 8.38. The summed E-state index contributed by atoms with van der Waals surface area (Å²) in [6.07, 6.45) is 0.394. The molecule has 1 aromatic heterocycles. The van der Waals surface area contributed by atoms with Gasteiger partial charge in [-0.05, 0) is 29.3 Å². The molecule has 2 aromatic rings. The molecule has 1 aromatic carbocycles. The largest absolute Gasteiger partial charge is 0.456 e. The van der Waals surface area contributed by atoms with E-state index in [0.29, 0.717) is 5.02 Å². The molecule has 0 saturated carbocycles. The van der Waals surface area contributed by atoms with Crippen LogP contribution in [0.25, 0.3) is 6.08 Å². The number of rotatable bonds is 5. The maximum Gasteiger partial charge on any atom is 0.338 e. The molecule has 1 fully saturated rings. The second-order valence-electron chi connectivity index (χ2n) is 6.16. The van der Waals surface area contributed by atoms with E-state index < -0.39 is 42.3 Å². The topological polar surface area (TPSA) is 111 Å². The molecule has 8 nitrogen and oxygen atoms in total. The van der Waals surface area contributed by atoms with Crippen molar-refractivity contribution in [1.82, 2.24) is 9.55 Å². The molecule has 2 N–H and O–H groups in total. The Hall–Kier alpha value is -1.91. The molecule has 1 saturated heterocycles. The number of nitrogens with zero attached hydrogens (tertiary/aromatic N) is 1. The molecule has 0 aliphatic carbocycles. The van der Waals surface area contributed by atoms with E-state index in [2.05, 4.69) is 20.9 Å². The summed E-state index contributed by atoms with van der Waals surface area (Å²) in [5, 5.41) is 10.1. The summed E-state index contributed by atoms with van der Waals surface area (Å²) < 4.78 is 12.3. The molecule has 0 unspecified atom stereocenters. The van der Waals surface area contributed by atoms with Crippen LogP contribution in [-0.4, -0.2) is 39.4 Å². The van der Waals surface area contributed by atoms with E-state index >= 15 is 0 Å². The third-order valence-corrected chi connectivity index (χ3v) is 5.33. The molecule has 1 aliphatic rings. The predicted octanol–water partition coefficient (Wildman–Crippen LogP) is 2.71. The Balaban J connectivity index is 1.82. The van der Waals surface area contributed by atoms with Crippen molar-refractivity contribution < 1.29 is 19.4 Å². The number of ether oxygens (including phenoxy) is 2. The van der Waals surface area contributed by atoms with Crippen LogP contribution >= 0.6 is 39.1 Å². The molecule has 3 atom stereocenters. The smallest absolute Gasteiger partial charge is 0.338 e. The number of H-pyrrole nitrogens is 1. The van der Waals surface area contributed by atoms with Crippen molar-refractivity contribution in [2.24, 2.45) is 0 Å². The zero-order valence-corrected chi connectivity index (χ0v) is 17.8. The van der Waals surface area contributed by atoms with Crippen molar-refractivity contribution >= 4 is 51.2 Å². The van der Waals surface area contributed by atoms with Gasteiger partial charge in [0.05, 0.1) is 27.8 Å². The quantitative estimate of drug-likeness (QED) is 0.604. The van der Waals surface area contributed by atoms with Crippen molar-refractivity contribution in [2.75, 3.05) is 6.61 Å². The van der Waals surface area contributed by atoms with Gasteiger partial charge in [-0.25, -0.2) is 9.59 Å². The van der Waals surface area contributed by atoms with Crippen LogP contribution in [0.15, 0.2) is 39.0 Å². The lowest BCUT2D eigenvalue weighted by Gasteiger charge is -2.16. The average molecular weight is 506 g/mol. The van der Waals surface area contributed by atoms with E-state index in [-0.39, 0.29) is 22.6 Å². The first kappa shape index (κ1) is 21.8. The van der Waals surface area contributed by atoms with Gasteiger partial charge in [0, 0.05) is 12.6 Å². The van der Waals surface area contributed by atoms with Crippen LogP contribution in [0.4, 0.5) is 0 Å². The van der Waals surface area contributed by atoms with Gasteiger partial charge in [-0.15, -0.1) is 0 Å². The molecule has 2 heterocycles. The Morgan fingerprint density at radius 3 is 2.79 bits per heavy atom. The Bertz CT molecular complexity index is 1070. The van der Waals surface area contributed by atoms with Crippen molar-refractivity contribution in [3.63, 3.8) is 0 Å². The Morgan fingerprint density at radius 2 is 2.14 bits per heavy atom. The minimum atomic E-state index is -0.847. The first-order valence-corrected chi connectivity index (χ1v) is 10.1. The number of nitrogens with one attached hydrogen (secondary N) is 1. The van der Waals surface area contributed by atoms with Crippen LogP contribution in [0.1, 0.15) is 28.6 Å². The first-order chi connectivity index (χ1) is 13.8. The highest BCUT2D eigenvalue weighted by Crippen LogP contribution is 2.31. The summed E-state index contributed by atoms with van der Waals surface area (Å²) in [5.41, 5.74) is -0.825. The number of aliphatic hydroxyl groups excluding tert-OH is 1. The van der Waals surface area contributed by atoms with Crippen LogP contribution in [-0.2, 0) is 9.47 Å². The predicted molar refractivity (Wildman–Crippen MR) is 111 cm³/mol. The second kappa shape index (κ2) is 9.27. The van der Waals surface area contributed by atoms with Gasteiger partial charge in [0.2, 0.25) is 0 Å². The van der Waals surface area contributed by atoms with Crippen LogP contribution in [0.2, 0.25) is 10.0 Å². The van der Waals surface area contributed by atoms with E-state index in [4.69, 9.17) is 32.7 Å². The van der Waals surface area contributed by atoms with E-state index in [1.54, 1.807) is 0 Å². The Labute approximate surface area is 182 Å². The highest BCUT2D eigenvalue weighted by atomic mass is 79.9. The number of hydrogen-bond acceptors (Lipinski definition) is 6. The van der Waals surface area contributed by atoms with E-state index in [1.165, 1.54) is 40.0 Å². The summed E-state index contributed by atoms with van der Waals surface area (Å²) in [6.45, 7) is -0.428. The lowest BCUT2D eigenvalue weighted by atomic mass is 10.1. The lowest BCUT2D eigenvalue weighted by molar-refractivity contribution is -0.0521. The molecule has 1 aliphatic heterocycles. The van der Waals surface area contributed by atoms with Gasteiger partial charge < -0.3 is 14.6 Å². The molecular formula is C18H15BrCl2N2O6. The third-order valence-electron chi connectivity index (χ3n) is 4.32. The average Bonchev–Trinajstić information content (AvgIpc) is 3.08. The van der Waals surface area contributed by atoms with Crippen molar-refractivity contribution in [3.8, 4) is 0 Å². The van der Waals surface area contributed by atoms with E-state index in [1.807, 2.05) is 0 Å². The minimum absolute atomic E-state index is 0.0989. The summed E-state index contributed by atoms with van der Waals surface area (Å²) in [4.78, 5) is 40.1.